The first-order valence-corrected chi connectivity index (χ1v) is 24.5. The van der Waals surface area contributed by atoms with Gasteiger partial charge in [0, 0.05) is 19.4 Å². The third-order valence-electron chi connectivity index (χ3n) is 8.95. The molecule has 0 saturated carbocycles. The van der Waals surface area contributed by atoms with Gasteiger partial charge in [0.05, 0.1) is 13.2 Å². The van der Waals surface area contributed by atoms with Crippen molar-refractivity contribution in [3.8, 4) is 0 Å². The molecule has 0 spiro atoms. The van der Waals surface area contributed by atoms with Gasteiger partial charge in [-0.25, -0.2) is 9.65 Å². The predicted octanol–water partition coefficient (Wildman–Crippen LogP) is 11.8. The summed E-state index contributed by atoms with van der Waals surface area (Å²) in [6.07, 6.45) is 29.3. The molecule has 11 heteroatoms. The van der Waals surface area contributed by atoms with Crippen molar-refractivity contribution in [2.45, 2.75) is 187 Å². The lowest BCUT2D eigenvalue weighted by Crippen LogP contribution is -2.30. The van der Waals surface area contributed by atoms with Crippen LogP contribution >= 0.6 is 31.3 Å². The lowest BCUT2D eigenvalue weighted by molar-refractivity contribution is -0.161. The van der Waals surface area contributed by atoms with E-state index in [1.807, 2.05) is 0 Å². The number of unbranched alkanes of at least 4 members (excludes halogenated alkanes) is 20. The van der Waals surface area contributed by atoms with Crippen LogP contribution in [0.25, 0.3) is 0 Å². The Morgan fingerprint density at radius 2 is 1.02 bits per heavy atom. The lowest BCUT2D eigenvalue weighted by atomic mass is 10.1. The highest BCUT2D eigenvalue weighted by Gasteiger charge is 2.31. The molecule has 0 aromatic rings. The zero-order valence-corrected chi connectivity index (χ0v) is 34.8. The van der Waals surface area contributed by atoms with Gasteiger partial charge in [-0.1, -0.05) is 129 Å². The Morgan fingerprint density at radius 1 is 0.600 bits per heavy atom. The zero-order valence-electron chi connectivity index (χ0n) is 32.2. The molecule has 1 aliphatic rings. The third kappa shape index (κ3) is 31.3. The number of carbonyl (C=O) groups is 2. The highest BCUT2D eigenvalue weighted by atomic mass is 32.2. The van der Waals surface area contributed by atoms with Crippen LogP contribution in [-0.2, 0) is 32.7 Å². The SMILES string of the molecule is CCCCCCCSCCCCCCCCCC(=O)OCC(COP1(=O)NCCO1)OC(=O)CCCCCCCCCSCCCCCCC. The zero-order chi connectivity index (χ0) is 36.2. The number of thioether (sulfide) groups is 2. The Hall–Kier alpha value is -0.250. The monoisotopic (exact) mass is 765 g/mol. The Balaban J connectivity index is 2.11. The minimum absolute atomic E-state index is 0.113. The van der Waals surface area contributed by atoms with Gasteiger partial charge < -0.3 is 9.47 Å². The predicted molar refractivity (Wildman–Crippen MR) is 214 cm³/mol. The fourth-order valence-electron chi connectivity index (χ4n) is 5.81. The molecule has 0 aromatic carbocycles. The van der Waals surface area contributed by atoms with E-state index >= 15 is 0 Å². The molecule has 0 bridgehead atoms. The maximum atomic E-state index is 12.6. The first-order chi connectivity index (χ1) is 24.5. The normalized spacial score (nSPS) is 16.5. The van der Waals surface area contributed by atoms with E-state index in [-0.39, 0.29) is 25.2 Å². The van der Waals surface area contributed by atoms with Gasteiger partial charge in [-0.2, -0.15) is 23.5 Å². The van der Waals surface area contributed by atoms with Crippen molar-refractivity contribution in [1.29, 1.82) is 0 Å². The number of nitrogens with one attached hydrogen (secondary N) is 1. The largest absolute Gasteiger partial charge is 0.462 e. The highest BCUT2D eigenvalue weighted by Crippen LogP contribution is 2.46. The first-order valence-electron chi connectivity index (χ1n) is 20.6. The second kappa shape index (κ2) is 35.8. The fourth-order valence-corrected chi connectivity index (χ4v) is 9.17. The van der Waals surface area contributed by atoms with Gasteiger partial charge in [0.25, 0.3) is 0 Å². The summed E-state index contributed by atoms with van der Waals surface area (Å²) in [5.41, 5.74) is 0. The van der Waals surface area contributed by atoms with Gasteiger partial charge in [-0.15, -0.1) is 0 Å². The maximum Gasteiger partial charge on any atom is 0.405 e. The molecule has 8 nitrogen and oxygen atoms in total. The first kappa shape index (κ1) is 47.8. The minimum atomic E-state index is -3.40. The maximum absolute atomic E-state index is 12.6. The van der Waals surface area contributed by atoms with Crippen molar-refractivity contribution in [1.82, 2.24) is 5.09 Å². The molecule has 0 aromatic heterocycles. The van der Waals surface area contributed by atoms with Crippen LogP contribution in [0.5, 0.6) is 0 Å². The van der Waals surface area contributed by atoms with E-state index in [1.54, 1.807) is 0 Å². The molecule has 1 fully saturated rings. The molecule has 2 atom stereocenters. The van der Waals surface area contributed by atoms with Crippen LogP contribution in [0, 0.1) is 0 Å². The molecule has 0 amide bonds. The van der Waals surface area contributed by atoms with Crippen LogP contribution in [-0.4, -0.2) is 67.4 Å². The topological polar surface area (TPSA) is 100 Å². The van der Waals surface area contributed by atoms with Crippen molar-refractivity contribution in [3.63, 3.8) is 0 Å². The molecular formula is C39H76NO7PS2. The van der Waals surface area contributed by atoms with E-state index < -0.39 is 13.9 Å². The molecule has 2 unspecified atom stereocenters. The Kier molecular flexibility index (Phi) is 34.2. The van der Waals surface area contributed by atoms with E-state index in [0.29, 0.717) is 26.0 Å². The Labute approximate surface area is 316 Å². The molecule has 296 valence electrons. The summed E-state index contributed by atoms with van der Waals surface area (Å²) < 4.78 is 34.2. The summed E-state index contributed by atoms with van der Waals surface area (Å²) in [7, 11) is -3.40. The van der Waals surface area contributed by atoms with E-state index in [2.05, 4.69) is 42.5 Å². The average Bonchev–Trinajstić information content (AvgIpc) is 3.55. The average molecular weight is 766 g/mol. The van der Waals surface area contributed by atoms with E-state index in [1.165, 1.54) is 139 Å². The standard InChI is InChI=1S/C39H76NO7PS2/c1-3-5-7-17-23-31-49-33-25-19-13-9-11-15-21-27-38(41)44-35-37(36-46-48(43)40-29-30-45-48)47-39(42)28-22-16-12-10-14-20-26-34-50-32-24-18-8-6-4-2/h37H,3-36H2,1-2H3,(H,40,43). The number of hydrogen-bond acceptors (Lipinski definition) is 9. The number of hydrogen-bond donors (Lipinski definition) is 1. The van der Waals surface area contributed by atoms with Crippen LogP contribution in [0.2, 0.25) is 0 Å². The number of rotatable bonds is 38. The van der Waals surface area contributed by atoms with Crippen LogP contribution in [0.1, 0.15) is 181 Å². The van der Waals surface area contributed by atoms with Gasteiger partial charge >= 0.3 is 19.7 Å². The molecule has 1 heterocycles. The summed E-state index contributed by atoms with van der Waals surface area (Å²) in [4.78, 5) is 25.0. The summed E-state index contributed by atoms with van der Waals surface area (Å²) in [6.45, 7) is 4.99. The Bertz CT molecular complexity index is 828. The van der Waals surface area contributed by atoms with Crippen LogP contribution in [0.15, 0.2) is 0 Å². The van der Waals surface area contributed by atoms with Gasteiger partial charge in [0.1, 0.15) is 6.61 Å². The summed E-state index contributed by atoms with van der Waals surface area (Å²) >= 11 is 4.21. The molecule has 0 radical (unpaired) electrons. The fraction of sp³-hybridized carbons (Fsp3) is 0.949. The van der Waals surface area contributed by atoms with Crippen LogP contribution in [0.4, 0.5) is 0 Å². The number of esters is 2. The quantitative estimate of drug-likeness (QED) is 0.0371. The molecule has 1 saturated heterocycles. The van der Waals surface area contributed by atoms with Crippen LogP contribution in [0.3, 0.4) is 0 Å². The second-order valence-corrected chi connectivity index (χ2v) is 18.1. The highest BCUT2D eigenvalue weighted by molar-refractivity contribution is 7.99. The van der Waals surface area contributed by atoms with Gasteiger partial charge in [-0.05, 0) is 61.5 Å². The number of ether oxygens (including phenoxy) is 2. The van der Waals surface area contributed by atoms with Crippen molar-refractivity contribution in [3.05, 3.63) is 0 Å². The molecule has 1 N–H and O–H groups in total. The van der Waals surface area contributed by atoms with Crippen LogP contribution < -0.4 is 5.09 Å². The summed E-state index contributed by atoms with van der Waals surface area (Å²) in [5.74, 6) is 4.51. The molecule has 1 rings (SSSR count). The molecule has 0 aliphatic carbocycles. The van der Waals surface area contributed by atoms with Crippen molar-refractivity contribution >= 4 is 43.2 Å². The van der Waals surface area contributed by atoms with E-state index in [4.69, 9.17) is 18.5 Å². The van der Waals surface area contributed by atoms with Crippen molar-refractivity contribution in [2.75, 3.05) is 49.4 Å². The second-order valence-electron chi connectivity index (χ2n) is 13.8. The molecule has 1 aliphatic heterocycles. The molecule has 50 heavy (non-hydrogen) atoms. The van der Waals surface area contributed by atoms with E-state index in [9.17, 15) is 14.2 Å². The number of carbonyl (C=O) groups excluding carboxylic acids is 2. The Morgan fingerprint density at radius 3 is 1.46 bits per heavy atom. The third-order valence-corrected chi connectivity index (χ3v) is 12.9. The van der Waals surface area contributed by atoms with Crippen molar-refractivity contribution in [2.24, 2.45) is 0 Å². The summed E-state index contributed by atoms with van der Waals surface area (Å²) in [6, 6.07) is 0. The van der Waals surface area contributed by atoms with Gasteiger partial charge in [0.2, 0.25) is 0 Å². The minimum Gasteiger partial charge on any atom is -0.462 e. The lowest BCUT2D eigenvalue weighted by Gasteiger charge is -2.20. The summed E-state index contributed by atoms with van der Waals surface area (Å²) in [5, 5.41) is 2.72. The van der Waals surface area contributed by atoms with Gasteiger partial charge in [-0.3, -0.25) is 18.6 Å². The smallest absolute Gasteiger partial charge is 0.405 e. The van der Waals surface area contributed by atoms with Gasteiger partial charge in [0.15, 0.2) is 6.10 Å². The van der Waals surface area contributed by atoms with E-state index in [0.717, 1.165) is 38.5 Å². The molecular weight excluding hydrogens is 690 g/mol. The van der Waals surface area contributed by atoms with Crippen molar-refractivity contribution < 1.29 is 32.7 Å².